The zero-order chi connectivity index (χ0) is 25.9. The monoisotopic (exact) mass is 499 g/mol. The first-order valence-electron chi connectivity index (χ1n) is 12.0. The second-order valence-electron chi connectivity index (χ2n) is 8.56. The molecule has 190 valence electrons. The first-order valence-corrected chi connectivity index (χ1v) is 12.0. The summed E-state index contributed by atoms with van der Waals surface area (Å²) in [5, 5.41) is 23.1. The number of imidazole rings is 1. The van der Waals surface area contributed by atoms with Gasteiger partial charge in [0.2, 0.25) is 5.75 Å². The molecule has 2 aromatic carbocycles. The maximum Gasteiger partial charge on any atom is 0.204 e. The lowest BCUT2D eigenvalue weighted by Gasteiger charge is -2.19. The molecule has 0 amide bonds. The molecule has 0 bridgehead atoms. The Morgan fingerprint density at radius 2 is 1.95 bits per heavy atom. The Balaban J connectivity index is 1.57. The second-order valence-corrected chi connectivity index (χ2v) is 8.56. The normalized spacial score (nSPS) is 12.1. The van der Waals surface area contributed by atoms with Crippen molar-refractivity contribution in [3.8, 4) is 28.5 Å². The number of nitrogens with one attached hydrogen (secondary N) is 1. The highest BCUT2D eigenvalue weighted by atomic mass is 16.7. The van der Waals surface area contributed by atoms with Gasteiger partial charge in [-0.1, -0.05) is 29.4 Å². The average Bonchev–Trinajstić information content (AvgIpc) is 3.65. The summed E-state index contributed by atoms with van der Waals surface area (Å²) in [7, 11) is 1.87. The highest BCUT2D eigenvalue weighted by Crippen LogP contribution is 2.39. The topological polar surface area (TPSA) is 135 Å². The van der Waals surface area contributed by atoms with Gasteiger partial charge in [-0.3, -0.25) is 9.36 Å². The molecule has 0 unspecified atom stereocenters. The van der Waals surface area contributed by atoms with E-state index < -0.39 is 0 Å². The summed E-state index contributed by atoms with van der Waals surface area (Å²) < 4.78 is 3.66. The van der Waals surface area contributed by atoms with Crippen molar-refractivity contribution in [2.24, 2.45) is 17.9 Å². The standard InChI is InChI=1S/C26H29N9O2/c1-4-35(5-2)37-24-22(18-9-7-17(8-10-18)16-34-14-6-13-28-34)31-33(3)23(24)26-29-20-12-11-19(25(27)32-36)15-21(20)30-26/h6-15,36H,4-5,16H2,1-3H3,(H2,27,32)(H,29,30). The molecule has 37 heavy (non-hydrogen) atoms. The molecule has 0 spiro atoms. The molecule has 11 nitrogen and oxygen atoms in total. The van der Waals surface area contributed by atoms with E-state index in [0.717, 1.165) is 22.2 Å². The smallest absolute Gasteiger partial charge is 0.204 e. The Bertz CT molecular complexity index is 1530. The molecule has 0 aliphatic rings. The number of nitrogens with zero attached hydrogens (tertiary/aromatic N) is 7. The van der Waals surface area contributed by atoms with Gasteiger partial charge in [-0.2, -0.15) is 10.2 Å². The lowest BCUT2D eigenvalue weighted by Crippen LogP contribution is -2.27. The fraction of sp³-hybridized carbons (Fsp3) is 0.231. The molecule has 0 fully saturated rings. The quantitative estimate of drug-likeness (QED) is 0.122. The summed E-state index contributed by atoms with van der Waals surface area (Å²) in [6.45, 7) is 6.18. The summed E-state index contributed by atoms with van der Waals surface area (Å²) in [4.78, 5) is 14.5. The van der Waals surface area contributed by atoms with E-state index in [0.29, 0.717) is 48.2 Å². The zero-order valence-corrected chi connectivity index (χ0v) is 21.0. The molecular weight excluding hydrogens is 470 g/mol. The molecule has 3 heterocycles. The van der Waals surface area contributed by atoms with Gasteiger partial charge in [0.05, 0.1) is 17.6 Å². The van der Waals surface area contributed by atoms with Crippen LogP contribution in [0.25, 0.3) is 33.8 Å². The molecule has 0 aliphatic carbocycles. The molecule has 0 aliphatic heterocycles. The van der Waals surface area contributed by atoms with Crippen molar-refractivity contribution < 1.29 is 10.0 Å². The predicted molar refractivity (Wildman–Crippen MR) is 141 cm³/mol. The highest BCUT2D eigenvalue weighted by molar-refractivity contribution is 6.00. The fourth-order valence-electron chi connectivity index (χ4n) is 4.21. The van der Waals surface area contributed by atoms with Crippen molar-refractivity contribution in [1.29, 1.82) is 0 Å². The number of aromatic nitrogens is 6. The molecule has 4 N–H and O–H groups in total. The van der Waals surface area contributed by atoms with E-state index in [1.165, 1.54) is 0 Å². The number of rotatable bonds is 9. The first-order chi connectivity index (χ1) is 18.0. The van der Waals surface area contributed by atoms with Crippen LogP contribution in [0.15, 0.2) is 66.1 Å². The molecule has 0 atom stereocenters. The molecule has 5 aromatic rings. The van der Waals surface area contributed by atoms with Crippen LogP contribution in [-0.2, 0) is 13.6 Å². The van der Waals surface area contributed by atoms with Crippen LogP contribution in [0.5, 0.6) is 5.75 Å². The van der Waals surface area contributed by atoms with E-state index in [-0.39, 0.29) is 5.84 Å². The summed E-state index contributed by atoms with van der Waals surface area (Å²) >= 11 is 0. The number of hydrogen-bond donors (Lipinski definition) is 3. The third-order valence-electron chi connectivity index (χ3n) is 6.17. The number of aryl methyl sites for hydroxylation is 1. The van der Waals surface area contributed by atoms with Gasteiger partial charge in [-0.05, 0) is 43.7 Å². The minimum absolute atomic E-state index is 0.0300. The first kappa shape index (κ1) is 24.1. The third kappa shape index (κ3) is 4.76. The van der Waals surface area contributed by atoms with Crippen molar-refractivity contribution >= 4 is 16.9 Å². The lowest BCUT2D eigenvalue weighted by molar-refractivity contribution is -0.0476. The van der Waals surface area contributed by atoms with Crippen LogP contribution in [0.2, 0.25) is 0 Å². The van der Waals surface area contributed by atoms with E-state index >= 15 is 0 Å². The SMILES string of the molecule is CCN(CC)Oc1c(-c2ccc(Cn3cccn3)cc2)nn(C)c1-c1nc2ccc(/C(N)=N\O)cc2[nH]1. The molecule has 0 saturated heterocycles. The molecule has 0 radical (unpaired) electrons. The Morgan fingerprint density at radius 3 is 2.62 bits per heavy atom. The fourth-order valence-corrected chi connectivity index (χ4v) is 4.21. The minimum atomic E-state index is 0.0300. The van der Waals surface area contributed by atoms with Gasteiger partial charge in [-0.25, -0.2) is 4.98 Å². The van der Waals surface area contributed by atoms with E-state index in [1.807, 2.05) is 61.1 Å². The van der Waals surface area contributed by atoms with Gasteiger partial charge in [-0.15, -0.1) is 5.06 Å². The van der Waals surface area contributed by atoms with Crippen LogP contribution in [0.3, 0.4) is 0 Å². The van der Waals surface area contributed by atoms with Crippen LogP contribution in [0.1, 0.15) is 25.0 Å². The van der Waals surface area contributed by atoms with E-state index in [2.05, 4.69) is 27.4 Å². The summed E-state index contributed by atoms with van der Waals surface area (Å²) in [6.07, 6.45) is 3.71. The highest BCUT2D eigenvalue weighted by Gasteiger charge is 2.25. The molecule has 5 rings (SSSR count). The van der Waals surface area contributed by atoms with Crippen LogP contribution in [-0.4, -0.2) is 58.7 Å². The Hall–Kier alpha value is -4.64. The van der Waals surface area contributed by atoms with Crippen molar-refractivity contribution in [3.63, 3.8) is 0 Å². The number of fused-ring (bicyclic) bond motifs is 1. The number of oxime groups is 1. The van der Waals surface area contributed by atoms with Crippen LogP contribution < -0.4 is 10.6 Å². The summed E-state index contributed by atoms with van der Waals surface area (Å²) in [5.41, 5.74) is 11.3. The van der Waals surface area contributed by atoms with Crippen molar-refractivity contribution in [1.82, 2.24) is 34.6 Å². The van der Waals surface area contributed by atoms with Crippen molar-refractivity contribution in [2.75, 3.05) is 13.1 Å². The van der Waals surface area contributed by atoms with E-state index in [9.17, 15) is 0 Å². The summed E-state index contributed by atoms with van der Waals surface area (Å²) in [5.74, 6) is 1.24. The van der Waals surface area contributed by atoms with Gasteiger partial charge in [0.15, 0.2) is 11.7 Å². The van der Waals surface area contributed by atoms with Gasteiger partial charge in [0.1, 0.15) is 11.4 Å². The van der Waals surface area contributed by atoms with Crippen molar-refractivity contribution in [3.05, 3.63) is 72.1 Å². The van der Waals surface area contributed by atoms with Gasteiger partial charge in [0.25, 0.3) is 0 Å². The Labute approximate surface area is 213 Å². The second kappa shape index (κ2) is 10.2. The van der Waals surface area contributed by atoms with Gasteiger partial charge in [0, 0.05) is 43.7 Å². The number of hydroxylamine groups is 2. The Morgan fingerprint density at radius 1 is 1.16 bits per heavy atom. The number of H-pyrrole nitrogens is 1. The molecule has 0 saturated carbocycles. The maximum atomic E-state index is 9.04. The average molecular weight is 500 g/mol. The minimum Gasteiger partial charge on any atom is -0.409 e. The number of nitrogens with two attached hydrogens (primary N) is 1. The van der Waals surface area contributed by atoms with E-state index in [4.69, 9.17) is 25.9 Å². The number of amidine groups is 1. The predicted octanol–water partition coefficient (Wildman–Crippen LogP) is 3.61. The lowest BCUT2D eigenvalue weighted by atomic mass is 10.1. The van der Waals surface area contributed by atoms with Crippen LogP contribution in [0.4, 0.5) is 0 Å². The maximum absolute atomic E-state index is 9.04. The Kier molecular flexibility index (Phi) is 6.60. The molecule has 11 heteroatoms. The van der Waals surface area contributed by atoms with Gasteiger partial charge < -0.3 is 20.8 Å². The number of benzene rings is 2. The van der Waals surface area contributed by atoms with Gasteiger partial charge >= 0.3 is 0 Å². The number of hydrogen-bond acceptors (Lipinski definition) is 7. The van der Waals surface area contributed by atoms with Crippen molar-refractivity contribution in [2.45, 2.75) is 20.4 Å². The van der Waals surface area contributed by atoms with Crippen LogP contribution >= 0.6 is 0 Å². The third-order valence-corrected chi connectivity index (χ3v) is 6.17. The van der Waals surface area contributed by atoms with E-state index in [1.54, 1.807) is 23.0 Å². The van der Waals surface area contributed by atoms with Crippen LogP contribution in [0, 0.1) is 0 Å². The number of aromatic amines is 1. The zero-order valence-electron chi connectivity index (χ0n) is 21.0. The molecule has 3 aromatic heterocycles. The molecular formula is C26H29N9O2. The summed E-state index contributed by atoms with van der Waals surface area (Å²) in [6, 6.07) is 15.5. The largest absolute Gasteiger partial charge is 0.409 e.